The van der Waals surface area contributed by atoms with Crippen LogP contribution < -0.4 is 0 Å². The number of hydrogen-bond acceptors (Lipinski definition) is 5. The maximum Gasteiger partial charge on any atom is 0.373 e. The topological polar surface area (TPSA) is 80.5 Å². The number of ether oxygens (including phenoxy) is 2. The predicted octanol–water partition coefficient (Wildman–Crippen LogP) is 0.797. The largest absolute Gasteiger partial charge is 0.475 e. The van der Waals surface area contributed by atoms with Gasteiger partial charge in [-0.3, -0.25) is 9.98 Å². The second-order valence-electron chi connectivity index (χ2n) is 2.59. The van der Waals surface area contributed by atoms with E-state index in [1.807, 2.05) is 0 Å². The van der Waals surface area contributed by atoms with Crippen LogP contribution in [-0.4, -0.2) is 23.5 Å². The molecule has 2 heterocycles. The molecular formula is C9H6N2O4. The van der Waals surface area contributed by atoms with Gasteiger partial charge >= 0.3 is 5.97 Å². The molecule has 15 heavy (non-hydrogen) atoms. The summed E-state index contributed by atoms with van der Waals surface area (Å²) in [4.78, 5) is 18.1. The molecule has 0 aliphatic carbocycles. The number of aliphatic imine (C=N–C) groups is 2. The Morgan fingerprint density at radius 1 is 1.27 bits per heavy atom. The van der Waals surface area contributed by atoms with Gasteiger partial charge in [-0.15, -0.1) is 0 Å². The van der Waals surface area contributed by atoms with Gasteiger partial charge in [0.15, 0.2) is 11.5 Å². The predicted molar refractivity (Wildman–Crippen MR) is 51.0 cm³/mol. The van der Waals surface area contributed by atoms with Crippen molar-refractivity contribution in [2.45, 2.75) is 0 Å². The number of carboxylic acids is 1. The van der Waals surface area contributed by atoms with Gasteiger partial charge in [-0.05, 0) is 0 Å². The molecule has 0 amide bonds. The van der Waals surface area contributed by atoms with Crippen LogP contribution in [0.1, 0.15) is 0 Å². The fourth-order valence-electron chi connectivity index (χ4n) is 0.958. The molecule has 6 heteroatoms. The second-order valence-corrected chi connectivity index (χ2v) is 2.59. The zero-order chi connectivity index (χ0) is 10.7. The van der Waals surface area contributed by atoms with Crippen LogP contribution >= 0.6 is 0 Å². The van der Waals surface area contributed by atoms with Gasteiger partial charge in [-0.25, -0.2) is 4.79 Å². The van der Waals surface area contributed by atoms with E-state index in [0.29, 0.717) is 5.76 Å². The summed E-state index contributed by atoms with van der Waals surface area (Å²) >= 11 is 0. The SMILES string of the molecule is O=C(O)C1=CN=CC(=C2C=NC=CO2)O1. The number of nitrogens with zero attached hydrogens (tertiary/aromatic N) is 2. The monoisotopic (exact) mass is 206 g/mol. The summed E-state index contributed by atoms with van der Waals surface area (Å²) in [6.45, 7) is 0. The first kappa shape index (κ1) is 9.20. The molecule has 0 radical (unpaired) electrons. The van der Waals surface area contributed by atoms with E-state index in [2.05, 4.69) is 9.98 Å². The first-order valence-electron chi connectivity index (χ1n) is 4.01. The van der Waals surface area contributed by atoms with Crippen LogP contribution in [0.4, 0.5) is 0 Å². The summed E-state index contributed by atoms with van der Waals surface area (Å²) in [6, 6.07) is 0. The van der Waals surface area contributed by atoms with Crippen LogP contribution in [0, 0.1) is 0 Å². The van der Waals surface area contributed by atoms with E-state index >= 15 is 0 Å². The molecule has 0 aromatic carbocycles. The van der Waals surface area contributed by atoms with E-state index in [1.54, 1.807) is 0 Å². The highest BCUT2D eigenvalue weighted by atomic mass is 16.5. The van der Waals surface area contributed by atoms with E-state index in [0.717, 1.165) is 6.20 Å². The maximum absolute atomic E-state index is 10.6. The number of allylic oxidation sites excluding steroid dienone is 2. The summed E-state index contributed by atoms with van der Waals surface area (Å²) in [5, 5.41) is 8.68. The van der Waals surface area contributed by atoms with Crippen molar-refractivity contribution in [1.82, 2.24) is 0 Å². The van der Waals surface area contributed by atoms with Crippen molar-refractivity contribution in [3.63, 3.8) is 0 Å². The zero-order valence-corrected chi connectivity index (χ0v) is 7.45. The lowest BCUT2D eigenvalue weighted by Gasteiger charge is -2.12. The Morgan fingerprint density at radius 3 is 2.73 bits per heavy atom. The lowest BCUT2D eigenvalue weighted by molar-refractivity contribution is -0.135. The van der Waals surface area contributed by atoms with Crippen LogP contribution in [0.25, 0.3) is 0 Å². The van der Waals surface area contributed by atoms with E-state index in [4.69, 9.17) is 14.6 Å². The Labute approximate surface area is 84.6 Å². The Kier molecular flexibility index (Phi) is 2.32. The molecule has 76 valence electrons. The summed E-state index contributed by atoms with van der Waals surface area (Å²) in [6.07, 6.45) is 6.69. The first-order chi connectivity index (χ1) is 7.27. The molecule has 0 aromatic rings. The minimum absolute atomic E-state index is 0.211. The highest BCUT2D eigenvalue weighted by Gasteiger charge is 2.17. The fourth-order valence-corrected chi connectivity index (χ4v) is 0.958. The van der Waals surface area contributed by atoms with E-state index in [-0.39, 0.29) is 11.5 Å². The van der Waals surface area contributed by atoms with Gasteiger partial charge < -0.3 is 14.6 Å². The molecule has 0 aromatic heterocycles. The highest BCUT2D eigenvalue weighted by molar-refractivity contribution is 5.92. The van der Waals surface area contributed by atoms with Gasteiger partial charge in [0.1, 0.15) is 6.26 Å². The molecular weight excluding hydrogens is 200 g/mol. The molecule has 2 aliphatic rings. The Balaban J connectivity index is 2.25. The number of aliphatic carboxylic acids is 1. The maximum atomic E-state index is 10.6. The van der Waals surface area contributed by atoms with Gasteiger partial charge in [0, 0.05) is 0 Å². The first-order valence-corrected chi connectivity index (χ1v) is 4.01. The lowest BCUT2D eigenvalue weighted by Crippen LogP contribution is -2.11. The van der Waals surface area contributed by atoms with E-state index in [9.17, 15) is 4.79 Å². The molecule has 6 nitrogen and oxygen atoms in total. The average Bonchev–Trinajstić information content (AvgIpc) is 2.30. The van der Waals surface area contributed by atoms with Crippen molar-refractivity contribution in [1.29, 1.82) is 0 Å². The average molecular weight is 206 g/mol. The number of carboxylic acid groups (broad SMARTS) is 1. The van der Waals surface area contributed by atoms with Crippen molar-refractivity contribution in [3.8, 4) is 0 Å². The van der Waals surface area contributed by atoms with Crippen LogP contribution in [0.3, 0.4) is 0 Å². The molecule has 0 atom stereocenters. The van der Waals surface area contributed by atoms with Crippen LogP contribution in [-0.2, 0) is 14.3 Å². The van der Waals surface area contributed by atoms with Gasteiger partial charge in [0.2, 0.25) is 5.76 Å². The third-order valence-corrected chi connectivity index (χ3v) is 1.59. The van der Waals surface area contributed by atoms with Crippen molar-refractivity contribution in [2.24, 2.45) is 9.98 Å². The summed E-state index contributed by atoms with van der Waals surface area (Å²) in [7, 11) is 0. The minimum atomic E-state index is -1.19. The number of carbonyl (C=O) groups is 1. The highest BCUT2D eigenvalue weighted by Crippen LogP contribution is 2.16. The molecule has 0 bridgehead atoms. The Morgan fingerprint density at radius 2 is 2.07 bits per heavy atom. The number of hydrogen-bond donors (Lipinski definition) is 1. The molecule has 0 saturated heterocycles. The number of rotatable bonds is 1. The molecule has 0 spiro atoms. The Hall–Kier alpha value is -2.37. The third kappa shape index (κ3) is 1.93. The van der Waals surface area contributed by atoms with Gasteiger partial charge in [0.25, 0.3) is 0 Å². The normalized spacial score (nSPS) is 23.1. The van der Waals surface area contributed by atoms with Crippen LogP contribution in [0.2, 0.25) is 0 Å². The standard InChI is InChI=1S/C9H6N2O4/c12-9(13)8-5-11-4-7(15-8)6-3-10-1-2-14-6/h1-5H,(H,12,13). The Bertz CT molecular complexity index is 443. The smallest absolute Gasteiger partial charge is 0.373 e. The molecule has 2 aliphatic heterocycles. The van der Waals surface area contributed by atoms with Gasteiger partial charge in [-0.2, -0.15) is 0 Å². The van der Waals surface area contributed by atoms with Crippen LogP contribution in [0.5, 0.6) is 0 Å². The van der Waals surface area contributed by atoms with Gasteiger partial charge in [0.05, 0.1) is 24.8 Å². The van der Waals surface area contributed by atoms with Crippen molar-refractivity contribution in [3.05, 3.63) is 35.9 Å². The second kappa shape index (κ2) is 3.79. The van der Waals surface area contributed by atoms with E-state index in [1.165, 1.54) is 24.9 Å². The lowest BCUT2D eigenvalue weighted by atomic mass is 10.4. The van der Waals surface area contributed by atoms with Crippen molar-refractivity contribution < 1.29 is 19.4 Å². The third-order valence-electron chi connectivity index (χ3n) is 1.59. The quantitative estimate of drug-likeness (QED) is 0.687. The van der Waals surface area contributed by atoms with Crippen molar-refractivity contribution in [2.75, 3.05) is 0 Å². The summed E-state index contributed by atoms with van der Waals surface area (Å²) in [5.74, 6) is -0.920. The van der Waals surface area contributed by atoms with Gasteiger partial charge in [-0.1, -0.05) is 0 Å². The van der Waals surface area contributed by atoms with Crippen molar-refractivity contribution >= 4 is 18.4 Å². The molecule has 0 unspecified atom stereocenters. The summed E-state index contributed by atoms with van der Waals surface area (Å²) < 4.78 is 10.1. The minimum Gasteiger partial charge on any atom is -0.475 e. The molecule has 2 rings (SSSR count). The molecule has 0 fully saturated rings. The van der Waals surface area contributed by atoms with Crippen LogP contribution in [0.15, 0.2) is 45.9 Å². The molecule has 0 saturated carbocycles. The van der Waals surface area contributed by atoms with E-state index < -0.39 is 5.97 Å². The fraction of sp³-hybridized carbons (Fsp3) is 0. The zero-order valence-electron chi connectivity index (χ0n) is 7.45. The molecule has 1 N–H and O–H groups in total. The summed E-state index contributed by atoms with van der Waals surface area (Å²) in [5.41, 5.74) is 0.